The molecule has 3 aliphatic rings. The van der Waals surface area contributed by atoms with E-state index in [-0.39, 0.29) is 121 Å². The fourth-order valence-electron chi connectivity index (χ4n) is 14.3. The minimum Gasteiger partial charge on any atom is -0.480 e. The number of nitrogens with two attached hydrogens (primary N) is 4. The average Bonchev–Trinajstić information content (AvgIpc) is 1.73. The largest absolute Gasteiger partial charge is 0.480 e. The highest BCUT2D eigenvalue weighted by Gasteiger charge is 2.45. The van der Waals surface area contributed by atoms with Crippen LogP contribution in [0.3, 0.4) is 0 Å². The van der Waals surface area contributed by atoms with E-state index in [1.54, 1.807) is 36.7 Å². The van der Waals surface area contributed by atoms with Crippen molar-refractivity contribution < 1.29 is 72.5 Å². The Morgan fingerprint density at radius 2 is 0.927 bits per heavy atom. The third-order valence-corrected chi connectivity index (χ3v) is 19.7. The fraction of sp³-hybridized carbons (Fsp3) is 0.554. The van der Waals surface area contributed by atoms with Crippen molar-refractivity contribution >= 4 is 105 Å². The molecule has 3 saturated heterocycles. The molecule has 3 aromatic heterocycles. The van der Waals surface area contributed by atoms with Crippen molar-refractivity contribution in [2.24, 2.45) is 45.7 Å². The molecule has 109 heavy (non-hydrogen) atoms. The third kappa shape index (κ3) is 23.0. The van der Waals surface area contributed by atoms with Crippen LogP contribution < -0.4 is 65.5 Å². The highest BCUT2D eigenvalue weighted by Crippen LogP contribution is 2.27. The van der Waals surface area contributed by atoms with Crippen molar-refractivity contribution in [2.45, 2.75) is 210 Å². The number of H-pyrrole nitrogens is 3. The first-order valence-corrected chi connectivity index (χ1v) is 37.3. The number of imidazole rings is 1. The Bertz CT molecular complexity index is 4080. The van der Waals surface area contributed by atoms with Crippen LogP contribution in [0.5, 0.6) is 0 Å². The number of primary amides is 1. The van der Waals surface area contributed by atoms with E-state index in [0.717, 1.165) is 10.9 Å². The van der Waals surface area contributed by atoms with Crippen LogP contribution in [0.25, 0.3) is 21.8 Å². The minimum absolute atomic E-state index is 0.0353. The van der Waals surface area contributed by atoms with Crippen LogP contribution in [-0.2, 0) is 81.6 Å². The van der Waals surface area contributed by atoms with Crippen molar-refractivity contribution in [3.05, 3.63) is 90.3 Å². The fourth-order valence-corrected chi connectivity index (χ4v) is 14.3. The molecule has 12 atom stereocenters. The van der Waals surface area contributed by atoms with Crippen LogP contribution in [0.15, 0.2) is 78.4 Å². The van der Waals surface area contributed by atoms with Crippen LogP contribution in [0, 0.1) is 17.8 Å². The monoisotopic (exact) mass is 1510 g/mol. The molecule has 21 N–H and O–H groups in total. The summed E-state index contributed by atoms with van der Waals surface area (Å²) in [7, 11) is 0. The molecule has 3 fully saturated rings. The first kappa shape index (κ1) is 83.7. The molecule has 0 bridgehead atoms. The lowest BCUT2D eigenvalue weighted by molar-refractivity contribution is -0.149. The first-order valence-electron chi connectivity index (χ1n) is 37.3. The highest BCUT2D eigenvalue weighted by molar-refractivity contribution is 6.01. The number of guanidine groups is 1. The quantitative estimate of drug-likeness (QED) is 0.0124. The molecule has 0 spiro atoms. The van der Waals surface area contributed by atoms with Gasteiger partial charge in [-0.05, 0) is 112 Å². The number of benzene rings is 2. The maximum atomic E-state index is 15.4. The van der Waals surface area contributed by atoms with Gasteiger partial charge in [-0.3, -0.25) is 62.5 Å². The number of rotatable bonds is 39. The van der Waals surface area contributed by atoms with E-state index in [4.69, 9.17) is 22.9 Å². The van der Waals surface area contributed by atoms with E-state index in [1.807, 2.05) is 65.8 Å². The summed E-state index contributed by atoms with van der Waals surface area (Å²) < 4.78 is 0. The Labute approximate surface area is 630 Å². The number of aliphatic hydroxyl groups is 1. The second-order valence-electron chi connectivity index (χ2n) is 29.6. The lowest BCUT2D eigenvalue weighted by atomic mass is 9.99. The second kappa shape index (κ2) is 39.2. The number of aliphatic carboxylic acids is 1. The molecule has 35 heteroatoms. The Balaban J connectivity index is 1.01. The number of hydrogen-bond donors (Lipinski definition) is 17. The number of aromatic nitrogens is 4. The van der Waals surface area contributed by atoms with Gasteiger partial charge in [-0.15, -0.1) is 0 Å². The third-order valence-electron chi connectivity index (χ3n) is 19.7. The number of para-hydroxylation sites is 2. The number of carbonyl (C=O) groups is 13. The Kier molecular flexibility index (Phi) is 30.1. The molecule has 12 amide bonds. The Morgan fingerprint density at radius 1 is 0.514 bits per heavy atom. The Hall–Kier alpha value is -11.0. The zero-order valence-corrected chi connectivity index (χ0v) is 62.5. The standard InChI is InChI=1S/C74H106N20O15/c1-39(2)27-51(63(98)84-50(19-11-23-80-74(77)78)70(105)94-26-14-22-60(94)73(108)109)88-69(104)59-21-13-25-93(59)72(107)57(31-43-35-82-49-18-10-8-16-46(43)49)91-64(99)52(28-40(3)4)89-68(103)58-20-12-24-92(58)71(106)56(29-41(5)6)90-65(100)53(30-42-34-81-48-17-9-7-15-45(42)48)86-67(102)55(33-61(76)96)87-66(101)54(32-44-36-79-38-83-44)85-62(97)47(75)37-95/h7-10,15-18,34-36,38-41,47,50-60,81-82,95H,11-14,19-33,37,75H2,1-6H3,(H2,76,96)(H,79,83)(H,84,98)(H,85,97)(H,86,102)(H,87,101)(H,88,104)(H,89,103)(H,90,100)(H,91,99)(H,108,109)(H4,77,78,80)/t47-,50-,51-,52-,53-,54-,55-,56-,57-,58-,59-,60-/m0/s1. The molecular weight excluding hydrogens is 1410 g/mol. The average molecular weight is 1520 g/mol. The lowest BCUT2D eigenvalue weighted by Crippen LogP contribution is -2.61. The number of hydrogen-bond acceptors (Lipinski definition) is 17. The van der Waals surface area contributed by atoms with Crippen LogP contribution in [0.1, 0.15) is 135 Å². The molecule has 6 heterocycles. The van der Waals surface area contributed by atoms with Crippen LogP contribution >= 0.6 is 0 Å². The zero-order chi connectivity index (χ0) is 79.3. The summed E-state index contributed by atoms with van der Waals surface area (Å²) in [6, 6.07) is -1.44. The molecular formula is C74H106N20O15. The van der Waals surface area contributed by atoms with E-state index in [0.29, 0.717) is 47.0 Å². The summed E-state index contributed by atoms with van der Waals surface area (Å²) in [5.41, 5.74) is 25.5. The number of aliphatic imine (C=N–C) groups is 1. The van der Waals surface area contributed by atoms with Gasteiger partial charge in [-0.1, -0.05) is 77.9 Å². The van der Waals surface area contributed by atoms with Crippen LogP contribution in [0.4, 0.5) is 0 Å². The van der Waals surface area contributed by atoms with Crippen LogP contribution in [-0.4, -0.2) is 233 Å². The summed E-state index contributed by atoms with van der Waals surface area (Å²) >= 11 is 0. The van der Waals surface area contributed by atoms with E-state index >= 15 is 19.2 Å². The van der Waals surface area contributed by atoms with Gasteiger partial charge in [0.2, 0.25) is 70.9 Å². The predicted octanol–water partition coefficient (Wildman–Crippen LogP) is -1.28. The summed E-state index contributed by atoms with van der Waals surface area (Å²) in [6.07, 6.45) is 6.96. The minimum atomic E-state index is -1.74. The van der Waals surface area contributed by atoms with E-state index < -0.39 is 162 Å². The normalized spacial score (nSPS) is 18.2. The van der Waals surface area contributed by atoms with Crippen molar-refractivity contribution in [3.8, 4) is 0 Å². The van der Waals surface area contributed by atoms with Crippen molar-refractivity contribution in [1.29, 1.82) is 0 Å². The smallest absolute Gasteiger partial charge is 0.326 e. The molecule has 0 unspecified atom stereocenters. The number of aromatic amines is 3. The SMILES string of the molecule is CC(C)C[C@H](NC(=O)[C@@H]1CCCN1C(=O)[C@H](Cc1c[nH]c2ccccc12)NC(=O)[C@H](CC(C)C)NC(=O)[C@@H]1CCCN1C(=O)[C@H](CC(C)C)NC(=O)[C@H](Cc1c[nH]c2ccccc12)NC(=O)[C@H](CC(N)=O)NC(=O)[C@H](Cc1cnc[nH]1)NC(=O)[C@@H](N)CO)C(=O)N[C@@H](CCCN=C(N)N)C(=O)N1CCC[C@H]1C(=O)O. The summed E-state index contributed by atoms with van der Waals surface area (Å²) in [5.74, 6) is -11.6. The number of nitrogens with zero attached hydrogens (tertiary/aromatic N) is 5. The van der Waals surface area contributed by atoms with E-state index in [1.165, 1.54) is 27.2 Å². The topological polar surface area (TPSA) is 545 Å². The number of carboxylic acid groups (broad SMARTS) is 1. The summed E-state index contributed by atoms with van der Waals surface area (Å²) in [6.45, 7) is 10.6. The predicted molar refractivity (Wildman–Crippen MR) is 401 cm³/mol. The second-order valence-corrected chi connectivity index (χ2v) is 29.6. The molecule has 3 aliphatic heterocycles. The molecule has 0 radical (unpaired) electrons. The van der Waals surface area contributed by atoms with Crippen molar-refractivity contribution in [2.75, 3.05) is 32.8 Å². The molecule has 0 aliphatic carbocycles. The van der Waals surface area contributed by atoms with Gasteiger partial charge >= 0.3 is 5.97 Å². The van der Waals surface area contributed by atoms with Crippen molar-refractivity contribution in [3.63, 3.8) is 0 Å². The molecule has 2 aromatic carbocycles. The van der Waals surface area contributed by atoms with E-state index in [2.05, 4.69) is 67.5 Å². The van der Waals surface area contributed by atoms with Gasteiger partial charge in [-0.2, -0.15) is 0 Å². The molecule has 8 rings (SSSR count). The number of aliphatic hydroxyl groups excluding tert-OH is 1. The van der Waals surface area contributed by atoms with Gasteiger partial charge in [0.1, 0.15) is 72.5 Å². The molecule has 0 saturated carbocycles. The molecule has 5 aromatic rings. The van der Waals surface area contributed by atoms with E-state index in [9.17, 15) is 53.4 Å². The lowest BCUT2D eigenvalue weighted by Gasteiger charge is -2.33. The summed E-state index contributed by atoms with van der Waals surface area (Å²) in [4.78, 5) is 207. The Morgan fingerprint density at radius 3 is 1.41 bits per heavy atom. The van der Waals surface area contributed by atoms with Gasteiger partial charge in [-0.25, -0.2) is 9.78 Å². The summed E-state index contributed by atoms with van der Waals surface area (Å²) in [5, 5.41) is 42.9. The zero-order valence-electron chi connectivity index (χ0n) is 62.5. The first-order chi connectivity index (χ1) is 51.9. The van der Waals surface area contributed by atoms with Gasteiger partial charge in [0.05, 0.1) is 19.4 Å². The molecule has 592 valence electrons. The van der Waals surface area contributed by atoms with Gasteiger partial charge in [0, 0.05) is 91.5 Å². The van der Waals surface area contributed by atoms with Gasteiger partial charge in [0.25, 0.3) is 0 Å². The number of likely N-dealkylation sites (tertiary alicyclic amines) is 3. The van der Waals surface area contributed by atoms with Crippen LogP contribution in [0.2, 0.25) is 0 Å². The number of fused-ring (bicyclic) bond motifs is 2. The highest BCUT2D eigenvalue weighted by atomic mass is 16.4. The number of amides is 12. The van der Waals surface area contributed by atoms with Gasteiger partial charge in [0.15, 0.2) is 5.96 Å². The number of nitrogens with one attached hydrogen (secondary N) is 11. The number of carbonyl (C=O) groups excluding carboxylic acids is 12. The van der Waals surface area contributed by atoms with Gasteiger partial charge < -0.3 is 105 Å². The molecule has 35 nitrogen and oxygen atoms in total. The maximum Gasteiger partial charge on any atom is 0.326 e. The maximum absolute atomic E-state index is 15.4. The van der Waals surface area contributed by atoms with Crippen molar-refractivity contribution in [1.82, 2.24) is 77.2 Å². The number of carboxylic acids is 1.